The van der Waals surface area contributed by atoms with Crippen molar-refractivity contribution in [3.8, 4) is 0 Å². The van der Waals surface area contributed by atoms with E-state index in [2.05, 4.69) is 6.92 Å². The smallest absolute Gasteiger partial charge is 0.244 e. The first-order chi connectivity index (χ1) is 9.00. The quantitative estimate of drug-likeness (QED) is 0.910. The molecule has 5 nitrogen and oxygen atoms in total. The molecular weight excluding hydrogens is 262 g/mol. The van der Waals surface area contributed by atoms with Gasteiger partial charge in [0.2, 0.25) is 10.0 Å². The van der Waals surface area contributed by atoms with Crippen molar-refractivity contribution in [2.75, 3.05) is 6.54 Å². The highest BCUT2D eigenvalue weighted by Crippen LogP contribution is 2.27. The van der Waals surface area contributed by atoms with Crippen molar-refractivity contribution in [3.63, 3.8) is 0 Å². The fourth-order valence-corrected chi connectivity index (χ4v) is 4.62. The Morgan fingerprint density at radius 2 is 2.16 bits per heavy atom. The van der Waals surface area contributed by atoms with Gasteiger partial charge in [-0.3, -0.25) is 0 Å². The van der Waals surface area contributed by atoms with E-state index in [1.54, 1.807) is 21.1 Å². The van der Waals surface area contributed by atoms with Crippen LogP contribution in [-0.4, -0.2) is 29.9 Å². The molecule has 1 fully saturated rings. The van der Waals surface area contributed by atoms with Crippen LogP contribution >= 0.6 is 0 Å². The van der Waals surface area contributed by atoms with E-state index >= 15 is 0 Å². The van der Waals surface area contributed by atoms with E-state index in [0.29, 0.717) is 18.0 Å². The summed E-state index contributed by atoms with van der Waals surface area (Å²) in [5.41, 5.74) is 6.45. The second kappa shape index (κ2) is 5.64. The van der Waals surface area contributed by atoms with Crippen molar-refractivity contribution in [1.29, 1.82) is 0 Å². The molecule has 0 aliphatic carbocycles. The lowest BCUT2D eigenvalue weighted by Crippen LogP contribution is -2.43. The largest absolute Gasteiger partial charge is 0.352 e. The molecule has 108 valence electrons. The van der Waals surface area contributed by atoms with Crippen LogP contribution in [0.25, 0.3) is 0 Å². The number of nitrogens with zero attached hydrogens (tertiary/aromatic N) is 2. The minimum Gasteiger partial charge on any atom is -0.352 e. The van der Waals surface area contributed by atoms with Crippen LogP contribution in [0.5, 0.6) is 0 Å². The van der Waals surface area contributed by atoms with Crippen LogP contribution in [0.2, 0.25) is 0 Å². The zero-order valence-corrected chi connectivity index (χ0v) is 12.5. The first-order valence-electron chi connectivity index (χ1n) is 6.87. The van der Waals surface area contributed by atoms with Crippen molar-refractivity contribution in [1.82, 2.24) is 8.87 Å². The maximum atomic E-state index is 12.7. The maximum Gasteiger partial charge on any atom is 0.244 e. The van der Waals surface area contributed by atoms with Gasteiger partial charge in [0.1, 0.15) is 4.90 Å². The molecule has 0 spiro atoms. The second-order valence-corrected chi connectivity index (χ2v) is 7.05. The van der Waals surface area contributed by atoms with E-state index in [9.17, 15) is 8.42 Å². The Hall–Kier alpha value is -0.850. The van der Waals surface area contributed by atoms with Gasteiger partial charge in [0, 0.05) is 38.1 Å². The summed E-state index contributed by atoms with van der Waals surface area (Å²) in [6.45, 7) is 3.03. The van der Waals surface area contributed by atoms with Crippen molar-refractivity contribution in [2.24, 2.45) is 12.8 Å². The van der Waals surface area contributed by atoms with Crippen LogP contribution < -0.4 is 5.73 Å². The summed E-state index contributed by atoms with van der Waals surface area (Å²) in [6.07, 6.45) is 5.57. The summed E-state index contributed by atoms with van der Waals surface area (Å²) in [5, 5.41) is 0. The van der Waals surface area contributed by atoms with Gasteiger partial charge >= 0.3 is 0 Å². The van der Waals surface area contributed by atoms with Gasteiger partial charge in [0.25, 0.3) is 0 Å². The normalized spacial score (nSPS) is 21.7. The van der Waals surface area contributed by atoms with Gasteiger partial charge in [-0.2, -0.15) is 4.31 Å². The number of aromatic nitrogens is 1. The molecule has 0 aromatic carbocycles. The van der Waals surface area contributed by atoms with Crippen LogP contribution in [0.1, 0.15) is 38.3 Å². The van der Waals surface area contributed by atoms with Gasteiger partial charge in [0.15, 0.2) is 0 Å². The third-order valence-corrected chi connectivity index (χ3v) is 5.86. The topological polar surface area (TPSA) is 68.3 Å². The van der Waals surface area contributed by atoms with Crippen molar-refractivity contribution >= 4 is 10.0 Å². The number of sulfonamides is 1. The molecule has 1 atom stereocenters. The number of hydrogen-bond acceptors (Lipinski definition) is 3. The van der Waals surface area contributed by atoms with E-state index in [1.165, 1.54) is 0 Å². The monoisotopic (exact) mass is 285 g/mol. The lowest BCUT2D eigenvalue weighted by molar-refractivity contribution is 0.246. The number of hydrogen-bond donors (Lipinski definition) is 1. The Morgan fingerprint density at radius 3 is 2.74 bits per heavy atom. The van der Waals surface area contributed by atoms with Gasteiger partial charge in [-0.05, 0) is 25.3 Å². The van der Waals surface area contributed by atoms with E-state index in [4.69, 9.17) is 5.73 Å². The number of aryl methyl sites for hydroxylation is 1. The van der Waals surface area contributed by atoms with Crippen LogP contribution in [0.3, 0.4) is 0 Å². The fraction of sp³-hybridized carbons (Fsp3) is 0.692. The Balaban J connectivity index is 2.34. The SMILES string of the molecule is CCC1CCCCN1S(=O)(=O)c1cc(CN)n(C)c1. The van der Waals surface area contributed by atoms with Gasteiger partial charge < -0.3 is 10.3 Å². The highest BCUT2D eigenvalue weighted by atomic mass is 32.2. The highest BCUT2D eigenvalue weighted by Gasteiger charge is 2.33. The molecule has 0 saturated carbocycles. The Kier molecular flexibility index (Phi) is 4.32. The lowest BCUT2D eigenvalue weighted by atomic mass is 10.0. The van der Waals surface area contributed by atoms with E-state index in [0.717, 1.165) is 31.4 Å². The summed E-state index contributed by atoms with van der Waals surface area (Å²) in [7, 11) is -1.55. The van der Waals surface area contributed by atoms with Crippen LogP contribution in [0.15, 0.2) is 17.2 Å². The van der Waals surface area contributed by atoms with Gasteiger partial charge in [-0.15, -0.1) is 0 Å². The molecule has 1 unspecified atom stereocenters. The third kappa shape index (κ3) is 2.70. The van der Waals surface area contributed by atoms with E-state index in [1.807, 2.05) is 7.05 Å². The zero-order valence-electron chi connectivity index (χ0n) is 11.7. The number of nitrogens with two attached hydrogens (primary N) is 1. The lowest BCUT2D eigenvalue weighted by Gasteiger charge is -2.33. The minimum atomic E-state index is -3.38. The average Bonchev–Trinajstić information content (AvgIpc) is 2.80. The molecule has 0 bridgehead atoms. The van der Waals surface area contributed by atoms with E-state index < -0.39 is 10.0 Å². The molecule has 1 aromatic rings. The molecule has 1 aromatic heterocycles. The van der Waals surface area contributed by atoms with Gasteiger partial charge in [-0.1, -0.05) is 13.3 Å². The maximum absolute atomic E-state index is 12.7. The Labute approximate surface area is 115 Å². The molecule has 2 heterocycles. The van der Waals surface area contributed by atoms with Crippen LogP contribution in [0, 0.1) is 0 Å². The molecule has 0 radical (unpaired) electrons. The summed E-state index contributed by atoms with van der Waals surface area (Å²) in [5.74, 6) is 0. The second-order valence-electron chi connectivity index (χ2n) is 5.16. The first-order valence-corrected chi connectivity index (χ1v) is 8.31. The molecule has 2 N–H and O–H groups in total. The predicted octanol–water partition coefficient (Wildman–Crippen LogP) is 1.44. The summed E-state index contributed by atoms with van der Waals surface area (Å²) in [4.78, 5) is 0.371. The third-order valence-electron chi connectivity index (χ3n) is 3.94. The summed E-state index contributed by atoms with van der Waals surface area (Å²) >= 11 is 0. The van der Waals surface area contributed by atoms with Crippen molar-refractivity contribution < 1.29 is 8.42 Å². The molecule has 1 aliphatic rings. The molecule has 1 saturated heterocycles. The summed E-state index contributed by atoms with van der Waals surface area (Å²) < 4.78 is 28.9. The van der Waals surface area contributed by atoms with Crippen molar-refractivity contribution in [2.45, 2.75) is 50.1 Å². The number of piperidine rings is 1. The molecule has 0 amide bonds. The zero-order chi connectivity index (χ0) is 14.0. The standard InChI is InChI=1S/C13H23N3O2S/c1-3-11-6-4-5-7-16(11)19(17,18)13-8-12(9-14)15(2)10-13/h8,10-11H,3-7,9,14H2,1-2H3. The first kappa shape index (κ1) is 14.6. The number of rotatable bonds is 4. The molecular formula is C13H23N3O2S. The average molecular weight is 285 g/mol. The Morgan fingerprint density at radius 1 is 1.42 bits per heavy atom. The minimum absolute atomic E-state index is 0.139. The van der Waals surface area contributed by atoms with Crippen LogP contribution in [0.4, 0.5) is 0 Å². The molecule has 1 aliphatic heterocycles. The van der Waals surface area contributed by atoms with Gasteiger partial charge in [-0.25, -0.2) is 8.42 Å². The van der Waals surface area contributed by atoms with Gasteiger partial charge in [0.05, 0.1) is 0 Å². The highest BCUT2D eigenvalue weighted by molar-refractivity contribution is 7.89. The van der Waals surface area contributed by atoms with E-state index in [-0.39, 0.29) is 6.04 Å². The molecule has 19 heavy (non-hydrogen) atoms. The molecule has 6 heteroatoms. The van der Waals surface area contributed by atoms with Crippen LogP contribution in [-0.2, 0) is 23.6 Å². The van der Waals surface area contributed by atoms with Crippen molar-refractivity contribution in [3.05, 3.63) is 18.0 Å². The predicted molar refractivity (Wildman–Crippen MR) is 75.1 cm³/mol. The Bertz CT molecular complexity index is 536. The summed E-state index contributed by atoms with van der Waals surface area (Å²) in [6, 6.07) is 1.83. The fourth-order valence-electron chi connectivity index (χ4n) is 2.75. The molecule has 2 rings (SSSR count).